The summed E-state index contributed by atoms with van der Waals surface area (Å²) in [4.78, 5) is 49.2. The maximum Gasteiger partial charge on any atom is 0.246 e. The molecule has 168 valence electrons. The number of rotatable bonds is 10. The van der Waals surface area contributed by atoms with Gasteiger partial charge in [0.2, 0.25) is 17.7 Å². The number of carbonyl (C=O) groups excluding carboxylic acids is 4. The van der Waals surface area contributed by atoms with Crippen LogP contribution in [-0.4, -0.2) is 54.4 Å². The molecule has 1 aliphatic rings. The first-order valence-electron chi connectivity index (χ1n) is 10.1. The van der Waals surface area contributed by atoms with Crippen LogP contribution in [0.3, 0.4) is 0 Å². The highest BCUT2D eigenvalue weighted by atomic mass is 35.5. The second-order valence-electron chi connectivity index (χ2n) is 7.53. The van der Waals surface area contributed by atoms with Gasteiger partial charge in [-0.3, -0.25) is 19.2 Å². The van der Waals surface area contributed by atoms with Crippen LogP contribution in [0.4, 0.5) is 0 Å². The van der Waals surface area contributed by atoms with Crippen LogP contribution in [0.1, 0.15) is 38.2 Å². The molecule has 0 bridgehead atoms. The zero-order valence-electron chi connectivity index (χ0n) is 17.4. The molecule has 3 amide bonds. The Morgan fingerprint density at radius 2 is 1.84 bits per heavy atom. The van der Waals surface area contributed by atoms with Crippen LogP contribution >= 0.6 is 11.6 Å². The van der Waals surface area contributed by atoms with Gasteiger partial charge in [-0.15, -0.1) is 0 Å². The Morgan fingerprint density at radius 1 is 1.19 bits per heavy atom. The molecule has 0 aromatic heterocycles. The minimum atomic E-state index is -1.11. The molecule has 9 nitrogen and oxygen atoms in total. The highest BCUT2D eigenvalue weighted by Gasteiger charge is 2.41. The van der Waals surface area contributed by atoms with Crippen molar-refractivity contribution >= 4 is 41.3 Å². The van der Waals surface area contributed by atoms with Crippen LogP contribution in [0.25, 0.3) is 0 Å². The molecular formula is C21H28ClN5O4. The van der Waals surface area contributed by atoms with Crippen molar-refractivity contribution in [2.24, 2.45) is 0 Å². The van der Waals surface area contributed by atoms with Crippen molar-refractivity contribution in [2.75, 3.05) is 13.1 Å². The second kappa shape index (κ2) is 11.6. The van der Waals surface area contributed by atoms with Crippen LogP contribution in [0.2, 0.25) is 5.02 Å². The molecule has 1 aliphatic heterocycles. The average molecular weight is 450 g/mol. The predicted octanol–water partition coefficient (Wildman–Crippen LogP) is 0.698. The Balaban J connectivity index is 2.11. The Labute approximate surface area is 186 Å². The molecule has 0 radical (unpaired) electrons. The van der Waals surface area contributed by atoms with Gasteiger partial charge in [0.15, 0.2) is 5.78 Å². The Morgan fingerprint density at radius 3 is 2.42 bits per heavy atom. The van der Waals surface area contributed by atoms with Crippen LogP contribution < -0.4 is 21.3 Å². The van der Waals surface area contributed by atoms with Crippen LogP contribution in [0, 0.1) is 5.41 Å². The first-order valence-corrected chi connectivity index (χ1v) is 10.5. The van der Waals surface area contributed by atoms with Crippen molar-refractivity contribution < 1.29 is 19.2 Å². The molecule has 0 aliphatic carbocycles. The number of ketones is 1. The third-order valence-electron chi connectivity index (χ3n) is 5.15. The highest BCUT2D eigenvalue weighted by molar-refractivity contribution is 6.30. The van der Waals surface area contributed by atoms with Crippen molar-refractivity contribution in [3.05, 3.63) is 34.9 Å². The van der Waals surface area contributed by atoms with E-state index in [0.717, 1.165) is 5.56 Å². The zero-order chi connectivity index (χ0) is 22.9. The molecule has 0 unspecified atom stereocenters. The largest absolute Gasteiger partial charge is 0.350 e. The molecule has 5 N–H and O–H groups in total. The summed E-state index contributed by atoms with van der Waals surface area (Å²) in [6.45, 7) is 2.67. The molecule has 1 atom stereocenters. The van der Waals surface area contributed by atoms with Gasteiger partial charge in [0.25, 0.3) is 0 Å². The fourth-order valence-corrected chi connectivity index (χ4v) is 3.56. The molecule has 1 aromatic rings. The molecular weight excluding hydrogens is 422 g/mol. The monoisotopic (exact) mass is 449 g/mol. The lowest BCUT2D eigenvalue weighted by Gasteiger charge is -2.37. The van der Waals surface area contributed by atoms with Crippen molar-refractivity contribution in [1.29, 1.82) is 5.41 Å². The SMILES string of the molecule is CC(=O)NC1(C(=O)N[C@@H](CCC(=O)C=N)C(=O)NCc2ccc(Cl)cc2)CCNCC1. The van der Waals surface area contributed by atoms with Crippen LogP contribution in [-0.2, 0) is 25.7 Å². The van der Waals surface area contributed by atoms with Gasteiger partial charge in [-0.2, -0.15) is 0 Å². The van der Waals surface area contributed by atoms with E-state index in [1.807, 2.05) is 0 Å². The van der Waals surface area contributed by atoms with Crippen molar-refractivity contribution in [3.63, 3.8) is 0 Å². The van der Waals surface area contributed by atoms with E-state index in [9.17, 15) is 19.2 Å². The molecule has 10 heteroatoms. The maximum absolute atomic E-state index is 13.1. The lowest BCUT2D eigenvalue weighted by Crippen LogP contribution is -2.64. The molecule has 31 heavy (non-hydrogen) atoms. The first kappa shape index (κ1) is 24.5. The summed E-state index contributed by atoms with van der Waals surface area (Å²) in [5.74, 6) is -1.69. The normalized spacial score (nSPS) is 15.9. The summed E-state index contributed by atoms with van der Waals surface area (Å²) >= 11 is 5.87. The summed E-state index contributed by atoms with van der Waals surface area (Å²) in [5, 5.41) is 19.0. The average Bonchev–Trinajstić information content (AvgIpc) is 2.75. The third-order valence-corrected chi connectivity index (χ3v) is 5.40. The summed E-state index contributed by atoms with van der Waals surface area (Å²) in [6.07, 6.45) is 1.45. The molecule has 0 saturated carbocycles. The lowest BCUT2D eigenvalue weighted by atomic mass is 9.86. The van der Waals surface area contributed by atoms with E-state index in [1.165, 1.54) is 6.92 Å². The van der Waals surface area contributed by atoms with Crippen molar-refractivity contribution in [2.45, 2.75) is 50.7 Å². The van der Waals surface area contributed by atoms with E-state index < -0.39 is 29.2 Å². The van der Waals surface area contributed by atoms with E-state index in [0.29, 0.717) is 37.2 Å². The molecule has 2 rings (SSSR count). The second-order valence-corrected chi connectivity index (χ2v) is 7.97. The third kappa shape index (κ3) is 7.45. The molecule has 1 fully saturated rings. The number of nitrogens with one attached hydrogen (secondary N) is 5. The molecule has 1 heterocycles. The Kier molecular flexibility index (Phi) is 9.14. The maximum atomic E-state index is 13.1. The molecule has 1 saturated heterocycles. The number of hydrogen-bond donors (Lipinski definition) is 5. The van der Waals surface area contributed by atoms with E-state index in [2.05, 4.69) is 21.3 Å². The highest BCUT2D eigenvalue weighted by Crippen LogP contribution is 2.19. The zero-order valence-corrected chi connectivity index (χ0v) is 18.2. The Bertz CT molecular complexity index is 822. The summed E-state index contributed by atoms with van der Waals surface area (Å²) in [6, 6.07) is 5.98. The number of benzene rings is 1. The number of carbonyl (C=O) groups is 4. The van der Waals surface area contributed by atoms with Crippen molar-refractivity contribution in [1.82, 2.24) is 21.3 Å². The number of hydrogen-bond acceptors (Lipinski definition) is 6. The summed E-state index contributed by atoms with van der Waals surface area (Å²) in [7, 11) is 0. The van der Waals surface area contributed by atoms with Gasteiger partial charge in [-0.1, -0.05) is 23.7 Å². The lowest BCUT2D eigenvalue weighted by molar-refractivity contribution is -0.136. The summed E-state index contributed by atoms with van der Waals surface area (Å²) in [5.41, 5.74) is -0.288. The van der Waals surface area contributed by atoms with E-state index in [-0.39, 0.29) is 25.3 Å². The molecule has 0 spiro atoms. The van der Waals surface area contributed by atoms with Gasteiger partial charge in [0.05, 0.1) is 6.21 Å². The van der Waals surface area contributed by atoms with Gasteiger partial charge in [0, 0.05) is 24.9 Å². The predicted molar refractivity (Wildman–Crippen MR) is 117 cm³/mol. The van der Waals surface area contributed by atoms with Gasteiger partial charge in [-0.05, 0) is 50.0 Å². The number of amides is 3. The number of Topliss-reactive ketones (excluding diaryl/α,β-unsaturated/α-hetero) is 1. The number of piperidine rings is 1. The van der Waals surface area contributed by atoms with Gasteiger partial charge in [-0.25, -0.2) is 0 Å². The first-order chi connectivity index (χ1) is 14.8. The fraction of sp³-hybridized carbons (Fsp3) is 0.476. The smallest absolute Gasteiger partial charge is 0.246 e. The Hall–Kier alpha value is -2.78. The minimum absolute atomic E-state index is 0.0425. The summed E-state index contributed by atoms with van der Waals surface area (Å²) < 4.78 is 0. The standard InChI is InChI=1S/C21H28ClN5O4/c1-14(28)27-21(8-10-24-11-9-21)20(31)26-18(7-6-17(29)12-23)19(30)25-13-15-2-4-16(22)5-3-15/h2-5,12,18,23-24H,6-11,13H2,1H3,(H,25,30)(H,26,31)(H,27,28)/t18-/m0/s1. The van der Waals surface area contributed by atoms with Crippen LogP contribution in [0.5, 0.6) is 0 Å². The minimum Gasteiger partial charge on any atom is -0.350 e. The van der Waals surface area contributed by atoms with E-state index >= 15 is 0 Å². The topological polar surface area (TPSA) is 140 Å². The quantitative estimate of drug-likeness (QED) is 0.334. The van der Waals surface area contributed by atoms with Gasteiger partial charge >= 0.3 is 0 Å². The van der Waals surface area contributed by atoms with Gasteiger partial charge in [0.1, 0.15) is 11.6 Å². The van der Waals surface area contributed by atoms with Crippen molar-refractivity contribution in [3.8, 4) is 0 Å². The molecule has 1 aromatic carbocycles. The van der Waals surface area contributed by atoms with E-state index in [4.69, 9.17) is 17.0 Å². The van der Waals surface area contributed by atoms with Crippen LogP contribution in [0.15, 0.2) is 24.3 Å². The van der Waals surface area contributed by atoms with Gasteiger partial charge < -0.3 is 26.7 Å². The fourth-order valence-electron chi connectivity index (χ4n) is 3.44. The number of halogens is 1. The van der Waals surface area contributed by atoms with E-state index in [1.54, 1.807) is 24.3 Å².